The number of anilines is 1. The van der Waals surface area contributed by atoms with Crippen LogP contribution in [-0.4, -0.2) is 28.7 Å². The lowest BCUT2D eigenvalue weighted by atomic mass is 10.1. The number of nitrogens with zero attached hydrogens (tertiary/aromatic N) is 3. The maximum Gasteiger partial charge on any atom is 0.229 e. The number of amides is 1. The van der Waals surface area contributed by atoms with E-state index < -0.39 is 0 Å². The minimum Gasteiger partial charge on any atom is -0.497 e. The molecule has 0 aliphatic rings. The van der Waals surface area contributed by atoms with Crippen LogP contribution in [0.2, 0.25) is 0 Å². The van der Waals surface area contributed by atoms with Crippen LogP contribution in [0.5, 0.6) is 5.75 Å². The van der Waals surface area contributed by atoms with Crippen molar-refractivity contribution in [3.8, 4) is 5.75 Å². The second kappa shape index (κ2) is 10.1. The van der Waals surface area contributed by atoms with Crippen LogP contribution < -0.4 is 9.64 Å². The van der Waals surface area contributed by atoms with Crippen LogP contribution in [0.3, 0.4) is 0 Å². The lowest BCUT2D eigenvalue weighted by Gasteiger charge is -2.19. The molecule has 0 fully saturated rings. The Balaban J connectivity index is 1.52. The first-order chi connectivity index (χ1) is 15.5. The van der Waals surface area contributed by atoms with Gasteiger partial charge < -0.3 is 4.74 Å². The molecule has 2 aromatic heterocycles. The SMILES string of the molecule is COc1ccc(SCCC(=O)N(Cc2ccccn2)c2nc3cc(C)c(C)cc3s2)cc1. The Kier molecular flexibility index (Phi) is 7.07. The molecule has 0 N–H and O–H groups in total. The topological polar surface area (TPSA) is 55.3 Å². The number of ether oxygens (including phenoxy) is 1. The fourth-order valence-corrected chi connectivity index (χ4v) is 5.17. The van der Waals surface area contributed by atoms with Crippen molar-refractivity contribution in [3.63, 3.8) is 0 Å². The molecular weight excluding hydrogens is 438 g/mol. The van der Waals surface area contributed by atoms with E-state index in [0.717, 1.165) is 31.7 Å². The third kappa shape index (κ3) is 5.29. The zero-order chi connectivity index (χ0) is 22.5. The van der Waals surface area contributed by atoms with Crippen molar-refractivity contribution in [2.24, 2.45) is 0 Å². The van der Waals surface area contributed by atoms with Gasteiger partial charge in [-0.2, -0.15) is 0 Å². The van der Waals surface area contributed by atoms with E-state index in [1.54, 1.807) is 41.3 Å². The number of hydrogen-bond donors (Lipinski definition) is 0. The summed E-state index contributed by atoms with van der Waals surface area (Å²) >= 11 is 3.22. The molecular formula is C25H25N3O2S2. The van der Waals surface area contributed by atoms with Crippen LogP contribution in [0.15, 0.2) is 65.7 Å². The third-order valence-electron chi connectivity index (χ3n) is 5.21. The summed E-state index contributed by atoms with van der Waals surface area (Å²) < 4.78 is 6.30. The van der Waals surface area contributed by atoms with E-state index in [2.05, 4.69) is 31.0 Å². The summed E-state index contributed by atoms with van der Waals surface area (Å²) in [4.78, 5) is 25.4. The smallest absolute Gasteiger partial charge is 0.229 e. The van der Waals surface area contributed by atoms with Crippen LogP contribution in [-0.2, 0) is 11.3 Å². The predicted octanol–water partition coefficient (Wildman–Crippen LogP) is 6.03. The molecule has 0 atom stereocenters. The first-order valence-corrected chi connectivity index (χ1v) is 12.2. The van der Waals surface area contributed by atoms with Gasteiger partial charge in [0.25, 0.3) is 0 Å². The van der Waals surface area contributed by atoms with Crippen molar-refractivity contribution in [1.82, 2.24) is 9.97 Å². The molecule has 0 aliphatic carbocycles. The maximum absolute atomic E-state index is 13.3. The molecule has 0 saturated heterocycles. The molecule has 0 bridgehead atoms. The monoisotopic (exact) mass is 463 g/mol. The second-order valence-corrected chi connectivity index (χ2v) is 9.65. The minimum absolute atomic E-state index is 0.0455. The number of fused-ring (bicyclic) bond motifs is 1. The Bertz CT molecular complexity index is 1170. The third-order valence-corrected chi connectivity index (χ3v) is 7.27. The number of carbonyl (C=O) groups is 1. The molecule has 0 radical (unpaired) electrons. The normalized spacial score (nSPS) is 11.0. The molecule has 5 nitrogen and oxygen atoms in total. The maximum atomic E-state index is 13.3. The number of benzene rings is 2. The number of methoxy groups -OCH3 is 1. The number of hydrogen-bond acceptors (Lipinski definition) is 6. The molecule has 4 rings (SSSR count). The molecule has 0 unspecified atom stereocenters. The quantitative estimate of drug-likeness (QED) is 0.299. The molecule has 32 heavy (non-hydrogen) atoms. The minimum atomic E-state index is 0.0455. The number of carbonyl (C=O) groups excluding carboxylic acids is 1. The molecule has 4 aromatic rings. The van der Waals surface area contributed by atoms with Crippen LogP contribution in [0.25, 0.3) is 10.2 Å². The highest BCUT2D eigenvalue weighted by Gasteiger charge is 2.21. The zero-order valence-electron chi connectivity index (χ0n) is 18.4. The van der Waals surface area contributed by atoms with Crippen molar-refractivity contribution in [3.05, 3.63) is 77.6 Å². The summed E-state index contributed by atoms with van der Waals surface area (Å²) in [6.45, 7) is 4.59. The summed E-state index contributed by atoms with van der Waals surface area (Å²) in [5.41, 5.74) is 4.20. The highest BCUT2D eigenvalue weighted by Crippen LogP contribution is 2.32. The van der Waals surface area contributed by atoms with Gasteiger partial charge in [-0.25, -0.2) is 4.98 Å². The average molecular weight is 464 g/mol. The Morgan fingerprint density at radius 2 is 1.88 bits per heavy atom. The zero-order valence-corrected chi connectivity index (χ0v) is 20.0. The number of aryl methyl sites for hydroxylation is 2. The molecule has 0 aliphatic heterocycles. The molecule has 2 heterocycles. The first kappa shape index (κ1) is 22.3. The van der Waals surface area contributed by atoms with E-state index in [1.807, 2.05) is 42.5 Å². The number of pyridine rings is 1. The number of aromatic nitrogens is 2. The molecule has 1 amide bonds. The summed E-state index contributed by atoms with van der Waals surface area (Å²) in [6.07, 6.45) is 2.17. The Morgan fingerprint density at radius 3 is 2.59 bits per heavy atom. The van der Waals surface area contributed by atoms with E-state index in [4.69, 9.17) is 9.72 Å². The van der Waals surface area contributed by atoms with Gasteiger partial charge in [0.15, 0.2) is 5.13 Å². The van der Waals surface area contributed by atoms with E-state index in [9.17, 15) is 4.79 Å². The van der Waals surface area contributed by atoms with Gasteiger partial charge in [-0.3, -0.25) is 14.7 Å². The van der Waals surface area contributed by atoms with Gasteiger partial charge in [0.05, 0.1) is 29.6 Å². The van der Waals surface area contributed by atoms with Crippen molar-refractivity contribution >= 4 is 44.4 Å². The Morgan fingerprint density at radius 1 is 1.09 bits per heavy atom. The van der Waals surface area contributed by atoms with Gasteiger partial charge in [-0.1, -0.05) is 17.4 Å². The van der Waals surface area contributed by atoms with Crippen molar-refractivity contribution < 1.29 is 9.53 Å². The van der Waals surface area contributed by atoms with Crippen LogP contribution in [0.1, 0.15) is 23.2 Å². The van der Waals surface area contributed by atoms with Gasteiger partial charge in [-0.05, 0) is 73.5 Å². The van der Waals surface area contributed by atoms with E-state index in [0.29, 0.717) is 18.7 Å². The van der Waals surface area contributed by atoms with Crippen molar-refractivity contribution in [1.29, 1.82) is 0 Å². The average Bonchev–Trinajstić information content (AvgIpc) is 3.21. The number of thiazole rings is 1. The molecule has 0 spiro atoms. The predicted molar refractivity (Wildman–Crippen MR) is 133 cm³/mol. The largest absolute Gasteiger partial charge is 0.497 e. The fourth-order valence-electron chi connectivity index (χ4n) is 3.26. The summed E-state index contributed by atoms with van der Waals surface area (Å²) in [5, 5.41) is 0.718. The van der Waals surface area contributed by atoms with Gasteiger partial charge >= 0.3 is 0 Å². The Labute approximate surface area is 196 Å². The van der Waals surface area contributed by atoms with Gasteiger partial charge in [0, 0.05) is 23.3 Å². The van der Waals surface area contributed by atoms with E-state index in [1.165, 1.54) is 11.1 Å². The molecule has 7 heteroatoms. The fraction of sp³-hybridized carbons (Fsp3) is 0.240. The van der Waals surface area contributed by atoms with Crippen molar-refractivity contribution in [2.45, 2.75) is 31.7 Å². The molecule has 0 saturated carbocycles. The second-order valence-electron chi connectivity index (χ2n) is 7.48. The van der Waals surface area contributed by atoms with Gasteiger partial charge in [0.2, 0.25) is 5.91 Å². The first-order valence-electron chi connectivity index (χ1n) is 10.4. The van der Waals surface area contributed by atoms with E-state index in [-0.39, 0.29) is 5.91 Å². The summed E-state index contributed by atoms with van der Waals surface area (Å²) in [6, 6.07) is 17.9. The highest BCUT2D eigenvalue weighted by molar-refractivity contribution is 7.99. The van der Waals surface area contributed by atoms with Gasteiger partial charge in [-0.15, -0.1) is 11.8 Å². The van der Waals surface area contributed by atoms with Crippen molar-refractivity contribution in [2.75, 3.05) is 17.8 Å². The Hall–Kier alpha value is -2.90. The summed E-state index contributed by atoms with van der Waals surface area (Å²) in [5.74, 6) is 1.56. The number of rotatable bonds is 8. The highest BCUT2D eigenvalue weighted by atomic mass is 32.2. The molecule has 2 aromatic carbocycles. The van der Waals surface area contributed by atoms with E-state index >= 15 is 0 Å². The standard InChI is InChI=1S/C25H25N3O2S2/c1-17-14-22-23(15-18(17)2)32-25(27-22)28(16-19-6-4-5-12-26-19)24(29)11-13-31-21-9-7-20(30-3)8-10-21/h4-10,12,14-15H,11,13,16H2,1-3H3. The van der Waals surface area contributed by atoms with Crippen LogP contribution >= 0.6 is 23.1 Å². The van der Waals surface area contributed by atoms with Crippen LogP contribution in [0.4, 0.5) is 5.13 Å². The molecule has 164 valence electrons. The summed E-state index contributed by atoms with van der Waals surface area (Å²) in [7, 11) is 1.65. The van der Waals surface area contributed by atoms with Gasteiger partial charge in [0.1, 0.15) is 5.75 Å². The lowest BCUT2D eigenvalue weighted by molar-refractivity contribution is -0.118. The lowest BCUT2D eigenvalue weighted by Crippen LogP contribution is -2.30. The van der Waals surface area contributed by atoms with Crippen LogP contribution in [0, 0.1) is 13.8 Å². The number of thioether (sulfide) groups is 1.